The minimum absolute atomic E-state index is 0.0841. The van der Waals surface area contributed by atoms with Crippen LogP contribution < -0.4 is 5.32 Å². The number of H-pyrrole nitrogens is 1. The van der Waals surface area contributed by atoms with Gasteiger partial charge in [-0.1, -0.05) is 23.8 Å². The summed E-state index contributed by atoms with van der Waals surface area (Å²) in [5, 5.41) is 10.3. The van der Waals surface area contributed by atoms with Crippen molar-refractivity contribution in [3.63, 3.8) is 0 Å². The molecule has 0 bridgehead atoms. The van der Waals surface area contributed by atoms with E-state index in [2.05, 4.69) is 21.6 Å². The molecule has 1 fully saturated rings. The highest BCUT2D eigenvalue weighted by Crippen LogP contribution is 2.19. The summed E-state index contributed by atoms with van der Waals surface area (Å²) in [7, 11) is 0. The van der Waals surface area contributed by atoms with Crippen molar-refractivity contribution in [2.45, 2.75) is 38.8 Å². The van der Waals surface area contributed by atoms with Gasteiger partial charge in [0, 0.05) is 30.3 Å². The van der Waals surface area contributed by atoms with Crippen LogP contribution in [0.5, 0.6) is 0 Å². The maximum Gasteiger partial charge on any atom is 0.222 e. The molecule has 5 nitrogen and oxygen atoms in total. The minimum Gasteiger partial charge on any atom is -0.352 e. The SMILES string of the molecule is Cc1cccc(-c2n[nH]c(=S)n2CCC(=O)NC2CCCSC2)c1. The van der Waals surface area contributed by atoms with Crippen LogP contribution in [0.25, 0.3) is 11.4 Å². The van der Waals surface area contributed by atoms with Gasteiger partial charge in [0.25, 0.3) is 0 Å². The van der Waals surface area contributed by atoms with Crippen LogP contribution in [-0.2, 0) is 11.3 Å². The number of amides is 1. The lowest BCUT2D eigenvalue weighted by molar-refractivity contribution is -0.121. The Bertz CT molecular complexity index is 762. The molecular formula is C17H22N4OS2. The van der Waals surface area contributed by atoms with Crippen molar-refractivity contribution in [2.24, 2.45) is 0 Å². The molecule has 1 unspecified atom stereocenters. The Morgan fingerprint density at radius 2 is 2.42 bits per heavy atom. The van der Waals surface area contributed by atoms with Crippen molar-refractivity contribution in [2.75, 3.05) is 11.5 Å². The van der Waals surface area contributed by atoms with Crippen molar-refractivity contribution in [3.8, 4) is 11.4 Å². The summed E-state index contributed by atoms with van der Waals surface area (Å²) in [6, 6.07) is 8.43. The second-order valence-electron chi connectivity index (χ2n) is 6.11. The summed E-state index contributed by atoms with van der Waals surface area (Å²) in [6.45, 7) is 2.58. The molecule has 1 saturated heterocycles. The maximum atomic E-state index is 12.2. The van der Waals surface area contributed by atoms with Crippen molar-refractivity contribution >= 4 is 29.9 Å². The van der Waals surface area contributed by atoms with Gasteiger partial charge >= 0.3 is 0 Å². The average molecular weight is 363 g/mol. The number of aromatic amines is 1. The number of nitrogens with zero attached hydrogens (tertiary/aromatic N) is 2. The molecule has 1 aromatic heterocycles. The molecule has 2 N–H and O–H groups in total. The first-order valence-electron chi connectivity index (χ1n) is 8.23. The number of aromatic nitrogens is 3. The number of thioether (sulfide) groups is 1. The zero-order chi connectivity index (χ0) is 16.9. The number of nitrogens with one attached hydrogen (secondary N) is 2. The largest absolute Gasteiger partial charge is 0.352 e. The van der Waals surface area contributed by atoms with Gasteiger partial charge in [-0.25, -0.2) is 0 Å². The highest BCUT2D eigenvalue weighted by atomic mass is 32.2. The molecule has 1 aliphatic rings. The molecule has 128 valence electrons. The summed E-state index contributed by atoms with van der Waals surface area (Å²) in [6.07, 6.45) is 2.67. The second-order valence-corrected chi connectivity index (χ2v) is 7.64. The van der Waals surface area contributed by atoms with E-state index in [1.807, 2.05) is 41.5 Å². The number of carbonyl (C=O) groups is 1. The molecule has 7 heteroatoms. The van der Waals surface area contributed by atoms with Gasteiger partial charge in [0.15, 0.2) is 10.6 Å². The molecule has 24 heavy (non-hydrogen) atoms. The highest BCUT2D eigenvalue weighted by molar-refractivity contribution is 7.99. The van der Waals surface area contributed by atoms with Crippen LogP contribution in [0.3, 0.4) is 0 Å². The highest BCUT2D eigenvalue weighted by Gasteiger charge is 2.16. The van der Waals surface area contributed by atoms with Gasteiger partial charge in [0.2, 0.25) is 5.91 Å². The summed E-state index contributed by atoms with van der Waals surface area (Å²) in [5.74, 6) is 3.09. The fourth-order valence-corrected chi connectivity index (χ4v) is 4.19. The average Bonchev–Trinajstić information content (AvgIpc) is 2.95. The van der Waals surface area contributed by atoms with E-state index in [4.69, 9.17) is 12.2 Å². The van der Waals surface area contributed by atoms with Crippen LogP contribution in [0, 0.1) is 11.7 Å². The van der Waals surface area contributed by atoms with Gasteiger partial charge < -0.3 is 5.32 Å². The number of hydrogen-bond acceptors (Lipinski definition) is 4. The van der Waals surface area contributed by atoms with E-state index in [1.165, 1.54) is 17.7 Å². The Morgan fingerprint density at radius 1 is 1.54 bits per heavy atom. The molecule has 2 aromatic rings. The lowest BCUT2D eigenvalue weighted by Crippen LogP contribution is -2.38. The van der Waals surface area contributed by atoms with E-state index in [9.17, 15) is 4.79 Å². The van der Waals surface area contributed by atoms with Gasteiger partial charge in [0.05, 0.1) is 0 Å². The Hall–Kier alpha value is -1.60. The monoisotopic (exact) mass is 362 g/mol. The van der Waals surface area contributed by atoms with Crippen molar-refractivity contribution in [1.29, 1.82) is 0 Å². The number of carbonyl (C=O) groups excluding carboxylic acids is 1. The fourth-order valence-electron chi connectivity index (χ4n) is 2.90. The first-order chi connectivity index (χ1) is 11.6. The molecule has 0 aliphatic carbocycles. The van der Waals surface area contributed by atoms with Gasteiger partial charge in [-0.3, -0.25) is 14.5 Å². The quantitative estimate of drug-likeness (QED) is 0.801. The standard InChI is InChI=1S/C17H22N4OS2/c1-12-4-2-5-13(10-12)16-19-20-17(23)21(16)8-7-15(22)18-14-6-3-9-24-11-14/h2,4-5,10,14H,3,6-9,11H2,1H3,(H,18,22)(H,20,23). The molecule has 2 heterocycles. The Balaban J connectivity index is 1.66. The number of benzene rings is 1. The van der Waals surface area contributed by atoms with Crippen LogP contribution >= 0.6 is 24.0 Å². The van der Waals surface area contributed by atoms with Crippen molar-refractivity contribution in [3.05, 3.63) is 34.6 Å². The molecule has 0 radical (unpaired) electrons. The predicted molar refractivity (Wildman–Crippen MR) is 101 cm³/mol. The summed E-state index contributed by atoms with van der Waals surface area (Å²) in [4.78, 5) is 12.2. The van der Waals surface area contributed by atoms with Gasteiger partial charge in [0.1, 0.15) is 0 Å². The van der Waals surface area contributed by atoms with Crippen molar-refractivity contribution < 1.29 is 4.79 Å². The lowest BCUT2D eigenvalue weighted by atomic mass is 10.1. The van der Waals surface area contributed by atoms with E-state index in [-0.39, 0.29) is 5.91 Å². The maximum absolute atomic E-state index is 12.2. The van der Waals surface area contributed by atoms with Gasteiger partial charge in [-0.05, 0) is 43.8 Å². The number of hydrogen-bond donors (Lipinski definition) is 2. The van der Waals surface area contributed by atoms with Crippen molar-refractivity contribution in [1.82, 2.24) is 20.1 Å². The summed E-state index contributed by atoms with van der Waals surface area (Å²) >= 11 is 7.24. The molecule has 1 aromatic carbocycles. The smallest absolute Gasteiger partial charge is 0.222 e. The normalized spacial score (nSPS) is 17.6. The Morgan fingerprint density at radius 3 is 3.17 bits per heavy atom. The van der Waals surface area contributed by atoms with E-state index < -0.39 is 0 Å². The summed E-state index contributed by atoms with van der Waals surface area (Å²) in [5.41, 5.74) is 2.17. The topological polar surface area (TPSA) is 62.7 Å². The summed E-state index contributed by atoms with van der Waals surface area (Å²) < 4.78 is 2.45. The number of aryl methyl sites for hydroxylation is 1. The Labute approximate surface area is 151 Å². The van der Waals surface area contributed by atoms with Crippen LogP contribution in [0.15, 0.2) is 24.3 Å². The van der Waals surface area contributed by atoms with E-state index >= 15 is 0 Å². The lowest BCUT2D eigenvalue weighted by Gasteiger charge is -2.22. The third kappa shape index (κ3) is 4.27. The molecular weight excluding hydrogens is 340 g/mol. The zero-order valence-electron chi connectivity index (χ0n) is 13.7. The Kier molecular flexibility index (Phi) is 5.73. The fraction of sp³-hybridized carbons (Fsp3) is 0.471. The van der Waals surface area contributed by atoms with Crippen LogP contribution in [0.1, 0.15) is 24.8 Å². The van der Waals surface area contributed by atoms with Gasteiger partial charge in [-0.2, -0.15) is 16.9 Å². The predicted octanol–water partition coefficient (Wildman–Crippen LogP) is 3.32. The molecule has 1 atom stereocenters. The van der Waals surface area contributed by atoms with E-state index in [1.54, 1.807) is 0 Å². The molecule has 3 rings (SSSR count). The van der Waals surface area contributed by atoms with E-state index in [0.29, 0.717) is 23.8 Å². The molecule has 1 amide bonds. The third-order valence-electron chi connectivity index (χ3n) is 4.12. The van der Waals surface area contributed by atoms with E-state index in [0.717, 1.165) is 23.6 Å². The first kappa shape index (κ1) is 17.2. The second kappa shape index (κ2) is 7.98. The van der Waals surface area contributed by atoms with Crippen LogP contribution in [0.2, 0.25) is 0 Å². The zero-order valence-corrected chi connectivity index (χ0v) is 15.4. The molecule has 1 aliphatic heterocycles. The van der Waals surface area contributed by atoms with Crippen LogP contribution in [-0.4, -0.2) is 38.2 Å². The minimum atomic E-state index is 0.0841. The first-order valence-corrected chi connectivity index (χ1v) is 9.79. The molecule has 0 spiro atoms. The van der Waals surface area contributed by atoms with Crippen LogP contribution in [0.4, 0.5) is 0 Å². The number of rotatable bonds is 5. The third-order valence-corrected chi connectivity index (χ3v) is 5.65. The molecule has 0 saturated carbocycles. The van der Waals surface area contributed by atoms with Gasteiger partial charge in [-0.15, -0.1) is 0 Å².